The second-order valence-corrected chi connectivity index (χ2v) is 15.6. The second kappa shape index (κ2) is 12.6. The number of hydrogen-bond donors (Lipinski definition) is 0. The van der Waals surface area contributed by atoms with Crippen LogP contribution in [0.4, 0.5) is 0 Å². The van der Waals surface area contributed by atoms with Crippen molar-refractivity contribution >= 4 is 38.9 Å². The number of likely N-dealkylation sites (tertiary alicyclic amines) is 1. The van der Waals surface area contributed by atoms with E-state index in [1.54, 1.807) is 25.1 Å². The van der Waals surface area contributed by atoms with Gasteiger partial charge in [-0.1, -0.05) is 36.2 Å². The third-order valence-corrected chi connectivity index (χ3v) is 13.6. The highest BCUT2D eigenvalue weighted by molar-refractivity contribution is 7.89. The fourth-order valence-corrected chi connectivity index (χ4v) is 10.8. The Morgan fingerprint density at radius 1 is 1.05 bits per heavy atom. The van der Waals surface area contributed by atoms with Crippen LogP contribution in [0.5, 0.6) is 0 Å². The molecule has 2 aliphatic heterocycles. The molecule has 41 heavy (non-hydrogen) atoms. The van der Waals surface area contributed by atoms with E-state index in [2.05, 4.69) is 36.5 Å². The van der Waals surface area contributed by atoms with Crippen molar-refractivity contribution in [2.75, 3.05) is 46.9 Å². The van der Waals surface area contributed by atoms with Crippen molar-refractivity contribution in [3.8, 4) is 0 Å². The highest BCUT2D eigenvalue weighted by Gasteiger charge is 2.47. The average Bonchev–Trinajstić information content (AvgIpc) is 3.49. The van der Waals surface area contributed by atoms with Gasteiger partial charge in [-0.2, -0.15) is 4.31 Å². The van der Waals surface area contributed by atoms with Gasteiger partial charge < -0.3 is 9.64 Å². The normalized spacial score (nSPS) is 23.2. The second-order valence-electron chi connectivity index (χ2n) is 12.5. The summed E-state index contributed by atoms with van der Waals surface area (Å²) in [5.74, 6) is 0.00375. The third-order valence-electron chi connectivity index (χ3n) is 9.99. The number of hydrogen-bond acceptors (Lipinski definition) is 6. The maximum atomic E-state index is 13.6. The lowest BCUT2D eigenvalue weighted by atomic mass is 9.62. The van der Waals surface area contributed by atoms with Gasteiger partial charge in [0.25, 0.3) is 0 Å². The van der Waals surface area contributed by atoms with Gasteiger partial charge in [-0.25, -0.2) is 8.42 Å². The van der Waals surface area contributed by atoms with E-state index in [9.17, 15) is 13.2 Å². The number of aryl methyl sites for hydroxylation is 1. The SMILES string of the molecule is Cc1cccc(Cl)c1S(=O)(=O)N1CCCCC1COCC(=O)N1CCC2(CC1)CCC(c1cccs1)(N(C)C)CC2. The van der Waals surface area contributed by atoms with Crippen LogP contribution in [-0.2, 0) is 25.1 Å². The van der Waals surface area contributed by atoms with Crippen LogP contribution in [0.2, 0.25) is 5.02 Å². The molecule has 1 atom stereocenters. The molecule has 3 aliphatic rings. The smallest absolute Gasteiger partial charge is 0.248 e. The minimum atomic E-state index is -3.76. The maximum absolute atomic E-state index is 13.6. The number of amides is 1. The van der Waals surface area contributed by atoms with Crippen LogP contribution in [-0.4, -0.2) is 81.4 Å². The molecule has 1 unspecified atom stereocenters. The first kappa shape index (κ1) is 31.0. The molecule has 1 saturated carbocycles. The number of rotatable bonds is 8. The topological polar surface area (TPSA) is 70.2 Å². The van der Waals surface area contributed by atoms with Gasteiger partial charge in [0.1, 0.15) is 11.5 Å². The number of nitrogens with zero attached hydrogens (tertiary/aromatic N) is 3. The van der Waals surface area contributed by atoms with Crippen molar-refractivity contribution in [3.63, 3.8) is 0 Å². The van der Waals surface area contributed by atoms with Gasteiger partial charge in [-0.15, -0.1) is 11.3 Å². The number of carbonyl (C=O) groups is 1. The predicted molar refractivity (Wildman–Crippen MR) is 165 cm³/mol. The molecule has 1 aliphatic carbocycles. The van der Waals surface area contributed by atoms with Crippen molar-refractivity contribution < 1.29 is 17.9 Å². The lowest BCUT2D eigenvalue weighted by molar-refractivity contribution is -0.139. The first-order chi connectivity index (χ1) is 19.6. The summed E-state index contributed by atoms with van der Waals surface area (Å²) >= 11 is 8.19. The number of piperidine rings is 2. The van der Waals surface area contributed by atoms with Crippen LogP contribution < -0.4 is 0 Å². The zero-order chi connectivity index (χ0) is 29.3. The Labute approximate surface area is 254 Å². The van der Waals surface area contributed by atoms with E-state index < -0.39 is 10.0 Å². The largest absolute Gasteiger partial charge is 0.370 e. The first-order valence-corrected chi connectivity index (χ1v) is 17.6. The molecule has 0 radical (unpaired) electrons. The molecule has 3 heterocycles. The molecule has 1 aromatic carbocycles. The van der Waals surface area contributed by atoms with Crippen molar-refractivity contribution in [2.45, 2.75) is 81.2 Å². The van der Waals surface area contributed by atoms with Gasteiger partial charge in [-0.3, -0.25) is 9.69 Å². The number of sulfonamides is 1. The van der Waals surface area contributed by atoms with Crippen molar-refractivity contribution in [1.82, 2.24) is 14.1 Å². The van der Waals surface area contributed by atoms with Crippen LogP contribution in [0.15, 0.2) is 40.6 Å². The molecule has 0 N–H and O–H groups in total. The van der Waals surface area contributed by atoms with E-state index in [0.717, 1.165) is 51.6 Å². The highest BCUT2D eigenvalue weighted by Crippen LogP contribution is 2.53. The van der Waals surface area contributed by atoms with Gasteiger partial charge >= 0.3 is 0 Å². The van der Waals surface area contributed by atoms with E-state index >= 15 is 0 Å². The third kappa shape index (κ3) is 6.27. The monoisotopic (exact) mass is 621 g/mol. The Morgan fingerprint density at radius 3 is 2.41 bits per heavy atom. The molecule has 2 saturated heterocycles. The summed E-state index contributed by atoms with van der Waals surface area (Å²) in [4.78, 5) is 19.1. The molecule has 1 amide bonds. The van der Waals surface area contributed by atoms with E-state index in [4.69, 9.17) is 16.3 Å². The van der Waals surface area contributed by atoms with Gasteiger partial charge in [0, 0.05) is 30.6 Å². The van der Waals surface area contributed by atoms with Gasteiger partial charge in [0.2, 0.25) is 15.9 Å². The zero-order valence-electron chi connectivity index (χ0n) is 24.6. The quantitative estimate of drug-likeness (QED) is 0.367. The fraction of sp³-hybridized carbons (Fsp3) is 0.645. The minimum Gasteiger partial charge on any atom is -0.370 e. The summed E-state index contributed by atoms with van der Waals surface area (Å²) in [5.41, 5.74) is 1.09. The van der Waals surface area contributed by atoms with Crippen LogP contribution in [0.1, 0.15) is 68.2 Å². The number of halogens is 1. The summed E-state index contributed by atoms with van der Waals surface area (Å²) in [6.07, 6.45) is 9.23. The molecule has 7 nitrogen and oxygen atoms in total. The van der Waals surface area contributed by atoms with E-state index in [-0.39, 0.29) is 40.6 Å². The summed E-state index contributed by atoms with van der Waals surface area (Å²) in [6, 6.07) is 9.29. The van der Waals surface area contributed by atoms with Gasteiger partial charge in [0.05, 0.1) is 17.2 Å². The Balaban J connectivity index is 1.13. The minimum absolute atomic E-state index is 0.00375. The Morgan fingerprint density at radius 2 is 1.78 bits per heavy atom. The maximum Gasteiger partial charge on any atom is 0.248 e. The lowest BCUT2D eigenvalue weighted by Crippen LogP contribution is -2.50. The van der Waals surface area contributed by atoms with Crippen LogP contribution in [0, 0.1) is 12.3 Å². The van der Waals surface area contributed by atoms with Crippen molar-refractivity contribution in [2.24, 2.45) is 5.41 Å². The highest BCUT2D eigenvalue weighted by atomic mass is 35.5. The van der Waals surface area contributed by atoms with Crippen molar-refractivity contribution in [1.29, 1.82) is 0 Å². The number of ether oxygens (including phenoxy) is 1. The number of carbonyl (C=O) groups excluding carboxylic acids is 1. The van der Waals surface area contributed by atoms with Gasteiger partial charge in [-0.05, 0) is 101 Å². The molecule has 0 bridgehead atoms. The molecule has 3 fully saturated rings. The summed E-state index contributed by atoms with van der Waals surface area (Å²) in [7, 11) is 0.650. The Kier molecular flexibility index (Phi) is 9.53. The summed E-state index contributed by atoms with van der Waals surface area (Å²) in [5, 5.41) is 2.42. The van der Waals surface area contributed by atoms with E-state index in [1.807, 2.05) is 16.2 Å². The molecule has 1 aromatic heterocycles. The van der Waals surface area contributed by atoms with Crippen LogP contribution >= 0.6 is 22.9 Å². The lowest BCUT2D eigenvalue weighted by Gasteiger charge is -2.52. The van der Waals surface area contributed by atoms with E-state index in [1.165, 1.54) is 22.0 Å². The fourth-order valence-electron chi connectivity index (χ4n) is 7.27. The predicted octanol–water partition coefficient (Wildman–Crippen LogP) is 5.91. The summed E-state index contributed by atoms with van der Waals surface area (Å²) in [6.45, 7) is 3.94. The average molecular weight is 622 g/mol. The first-order valence-electron chi connectivity index (χ1n) is 14.9. The zero-order valence-corrected chi connectivity index (χ0v) is 27.0. The standard InChI is InChI=1S/C31H44ClN3O4S2/c1-24-8-6-10-26(32)29(24)41(37,38)35-18-5-4-9-25(35)22-39-23-28(36)34-19-16-30(17-20-34)12-14-31(15-13-30,33(2)3)27-11-7-21-40-27/h6-8,10-11,21,25H,4-5,9,12-20,22-23H2,1-3H3. The molecule has 5 rings (SSSR count). The molecule has 10 heteroatoms. The molecule has 1 spiro atoms. The van der Waals surface area contributed by atoms with Crippen molar-refractivity contribution in [3.05, 3.63) is 51.2 Å². The Hall–Kier alpha value is -1.49. The van der Waals surface area contributed by atoms with E-state index in [0.29, 0.717) is 23.9 Å². The Bertz CT molecular complexity index is 1280. The van der Waals surface area contributed by atoms with Crippen LogP contribution in [0.3, 0.4) is 0 Å². The molecule has 226 valence electrons. The van der Waals surface area contributed by atoms with Crippen LogP contribution in [0.25, 0.3) is 0 Å². The molecular weight excluding hydrogens is 578 g/mol. The van der Waals surface area contributed by atoms with Gasteiger partial charge in [0.15, 0.2) is 0 Å². The summed E-state index contributed by atoms with van der Waals surface area (Å²) < 4.78 is 34.6. The number of thiophene rings is 1. The molecular formula is C31H44ClN3O4S2. The molecule has 2 aromatic rings. The number of benzene rings is 1.